The molecule has 20 heavy (non-hydrogen) atoms. The number of aryl methyl sites for hydroxylation is 1. The first-order valence-corrected chi connectivity index (χ1v) is 7.97. The first-order chi connectivity index (χ1) is 9.08. The van der Waals surface area contributed by atoms with E-state index in [-0.39, 0.29) is 22.4 Å². The number of halogens is 2. The fraction of sp³-hybridized carbons (Fsp3) is 0.417. The maximum atomic E-state index is 12.3. The number of likely N-dealkylation sites (N-methyl/N-ethyl adjacent to an activating group) is 1. The van der Waals surface area contributed by atoms with Crippen molar-refractivity contribution in [1.82, 2.24) is 9.62 Å². The van der Waals surface area contributed by atoms with E-state index in [1.54, 1.807) is 34.0 Å². The standard InChI is InChI=1S/C12H16Cl2N2O3S/c1-7-5-9(13)8(2)12(11(7)14)20(18,19)15-6-10(17)16(3)4/h5,15H,6H2,1-4H3. The summed E-state index contributed by atoms with van der Waals surface area (Å²) in [7, 11) is -0.829. The second-order valence-corrected chi connectivity index (χ2v) is 7.05. The molecular weight excluding hydrogens is 323 g/mol. The normalized spacial score (nSPS) is 11.5. The number of amides is 1. The lowest BCUT2D eigenvalue weighted by molar-refractivity contribution is -0.127. The molecule has 8 heteroatoms. The van der Waals surface area contributed by atoms with Crippen LogP contribution < -0.4 is 4.72 Å². The minimum absolute atomic E-state index is 0.0873. The van der Waals surface area contributed by atoms with Crippen LogP contribution in [0.1, 0.15) is 11.1 Å². The summed E-state index contributed by atoms with van der Waals surface area (Å²) in [5.74, 6) is -0.360. The Bertz CT molecular complexity index is 616. The van der Waals surface area contributed by atoms with Crippen LogP contribution in [0.15, 0.2) is 11.0 Å². The molecule has 1 N–H and O–H groups in total. The van der Waals surface area contributed by atoms with Gasteiger partial charge in [-0.25, -0.2) is 13.1 Å². The van der Waals surface area contributed by atoms with Crippen molar-refractivity contribution in [2.75, 3.05) is 20.6 Å². The molecule has 0 saturated heterocycles. The molecule has 0 spiro atoms. The van der Waals surface area contributed by atoms with Crippen molar-refractivity contribution in [3.8, 4) is 0 Å². The van der Waals surface area contributed by atoms with Crippen LogP contribution in [0.5, 0.6) is 0 Å². The van der Waals surface area contributed by atoms with Gasteiger partial charge in [0.2, 0.25) is 15.9 Å². The van der Waals surface area contributed by atoms with Crippen LogP contribution in [0.4, 0.5) is 0 Å². The third kappa shape index (κ3) is 3.63. The first kappa shape index (κ1) is 17.2. The first-order valence-electron chi connectivity index (χ1n) is 5.73. The average Bonchev–Trinajstić information content (AvgIpc) is 2.33. The van der Waals surface area contributed by atoms with Crippen molar-refractivity contribution < 1.29 is 13.2 Å². The maximum absolute atomic E-state index is 12.3. The Morgan fingerprint density at radius 1 is 1.30 bits per heavy atom. The fourth-order valence-corrected chi connectivity index (χ4v) is 3.70. The van der Waals surface area contributed by atoms with Crippen molar-refractivity contribution in [1.29, 1.82) is 0 Å². The Balaban J connectivity index is 3.20. The summed E-state index contributed by atoms with van der Waals surface area (Å²) in [5.41, 5.74) is 0.911. The Morgan fingerprint density at radius 2 is 1.85 bits per heavy atom. The molecule has 0 aromatic heterocycles. The second-order valence-electron chi connectivity index (χ2n) is 4.56. The van der Waals surface area contributed by atoms with Gasteiger partial charge in [-0.1, -0.05) is 23.2 Å². The van der Waals surface area contributed by atoms with Crippen molar-refractivity contribution in [3.63, 3.8) is 0 Å². The van der Waals surface area contributed by atoms with Gasteiger partial charge in [-0.05, 0) is 31.0 Å². The summed E-state index contributed by atoms with van der Waals surface area (Å²) < 4.78 is 26.8. The van der Waals surface area contributed by atoms with Crippen molar-refractivity contribution in [2.45, 2.75) is 18.7 Å². The van der Waals surface area contributed by atoms with Crippen molar-refractivity contribution >= 4 is 39.1 Å². The zero-order chi connectivity index (χ0) is 15.7. The molecule has 0 aliphatic rings. The topological polar surface area (TPSA) is 66.5 Å². The molecule has 1 amide bonds. The van der Waals surface area contributed by atoms with Gasteiger partial charge in [0.25, 0.3) is 0 Å². The van der Waals surface area contributed by atoms with Crippen molar-refractivity contribution in [2.24, 2.45) is 0 Å². The minimum atomic E-state index is -3.91. The quantitative estimate of drug-likeness (QED) is 0.912. The van der Waals surface area contributed by atoms with Gasteiger partial charge in [-0.3, -0.25) is 4.79 Å². The van der Waals surface area contributed by atoms with Gasteiger partial charge in [0.05, 0.1) is 11.6 Å². The van der Waals surface area contributed by atoms with Gasteiger partial charge in [0.15, 0.2) is 0 Å². The molecule has 1 aromatic rings. The second kappa shape index (κ2) is 6.30. The van der Waals surface area contributed by atoms with E-state index in [1.165, 1.54) is 4.90 Å². The third-order valence-corrected chi connectivity index (χ3v) is 5.33. The Labute approximate surface area is 128 Å². The lowest BCUT2D eigenvalue weighted by atomic mass is 10.2. The largest absolute Gasteiger partial charge is 0.348 e. The lowest BCUT2D eigenvalue weighted by Gasteiger charge is -2.15. The van der Waals surface area contributed by atoms with Gasteiger partial charge in [-0.2, -0.15) is 0 Å². The summed E-state index contributed by atoms with van der Waals surface area (Å²) in [6.45, 7) is 2.89. The molecule has 0 atom stereocenters. The van der Waals surface area contributed by atoms with Crippen LogP contribution >= 0.6 is 23.2 Å². The predicted octanol–water partition coefficient (Wildman–Crippen LogP) is 1.98. The molecule has 0 unspecified atom stereocenters. The molecule has 0 radical (unpaired) electrons. The van der Waals surface area contributed by atoms with Crippen LogP contribution in [0.25, 0.3) is 0 Å². The summed E-state index contributed by atoms with van der Waals surface area (Å²) in [4.78, 5) is 12.7. The maximum Gasteiger partial charge on any atom is 0.242 e. The molecule has 5 nitrogen and oxygen atoms in total. The number of nitrogens with one attached hydrogen (secondary N) is 1. The van der Waals surface area contributed by atoms with E-state index in [0.29, 0.717) is 16.1 Å². The van der Waals surface area contributed by atoms with Gasteiger partial charge in [0, 0.05) is 19.1 Å². The van der Waals surface area contributed by atoms with E-state index >= 15 is 0 Å². The summed E-state index contributed by atoms with van der Waals surface area (Å²) in [6.07, 6.45) is 0. The van der Waals surface area contributed by atoms with Crippen LogP contribution in [0, 0.1) is 13.8 Å². The van der Waals surface area contributed by atoms with Crippen LogP contribution in [-0.4, -0.2) is 39.9 Å². The number of carbonyl (C=O) groups is 1. The number of sulfonamides is 1. The highest BCUT2D eigenvalue weighted by atomic mass is 35.5. The lowest BCUT2D eigenvalue weighted by Crippen LogP contribution is -2.36. The van der Waals surface area contributed by atoms with Gasteiger partial charge in [-0.15, -0.1) is 0 Å². The summed E-state index contributed by atoms with van der Waals surface area (Å²) in [6, 6.07) is 1.60. The van der Waals surface area contributed by atoms with Crippen LogP contribution in [0.2, 0.25) is 10.0 Å². The van der Waals surface area contributed by atoms with E-state index in [2.05, 4.69) is 4.72 Å². The molecule has 1 rings (SSSR count). The molecule has 0 bridgehead atoms. The number of carbonyl (C=O) groups excluding carboxylic acids is 1. The van der Waals surface area contributed by atoms with E-state index < -0.39 is 10.0 Å². The smallest absolute Gasteiger partial charge is 0.242 e. The predicted molar refractivity (Wildman–Crippen MR) is 79.8 cm³/mol. The molecule has 1 aromatic carbocycles. The van der Waals surface area contributed by atoms with Crippen LogP contribution in [-0.2, 0) is 14.8 Å². The molecule has 0 fully saturated rings. The molecular formula is C12H16Cl2N2O3S. The number of benzene rings is 1. The highest BCUT2D eigenvalue weighted by Gasteiger charge is 2.24. The van der Waals surface area contributed by atoms with Gasteiger partial charge >= 0.3 is 0 Å². The molecule has 0 aliphatic carbocycles. The summed E-state index contributed by atoms with van der Waals surface area (Å²) in [5, 5.41) is 0.419. The molecule has 0 heterocycles. The zero-order valence-corrected chi connectivity index (χ0v) is 13.9. The number of hydrogen-bond donors (Lipinski definition) is 1. The monoisotopic (exact) mass is 338 g/mol. The third-order valence-electron chi connectivity index (χ3n) is 2.77. The number of hydrogen-bond acceptors (Lipinski definition) is 3. The molecule has 112 valence electrons. The summed E-state index contributed by atoms with van der Waals surface area (Å²) >= 11 is 12.0. The zero-order valence-electron chi connectivity index (χ0n) is 11.6. The Morgan fingerprint density at radius 3 is 2.35 bits per heavy atom. The van der Waals surface area contributed by atoms with E-state index in [0.717, 1.165) is 0 Å². The van der Waals surface area contributed by atoms with E-state index in [1.807, 2.05) is 0 Å². The Hall–Kier alpha value is -0.820. The SMILES string of the molecule is Cc1cc(Cl)c(C)c(S(=O)(=O)NCC(=O)N(C)C)c1Cl. The highest BCUT2D eigenvalue weighted by Crippen LogP contribution is 2.33. The highest BCUT2D eigenvalue weighted by molar-refractivity contribution is 7.89. The number of rotatable bonds is 4. The van der Waals surface area contributed by atoms with Gasteiger partial charge in [0.1, 0.15) is 4.90 Å². The fourth-order valence-electron chi connectivity index (χ4n) is 1.52. The average molecular weight is 339 g/mol. The van der Waals surface area contributed by atoms with Gasteiger partial charge < -0.3 is 4.90 Å². The molecule has 0 aliphatic heterocycles. The van der Waals surface area contributed by atoms with Crippen molar-refractivity contribution in [3.05, 3.63) is 27.2 Å². The van der Waals surface area contributed by atoms with E-state index in [9.17, 15) is 13.2 Å². The van der Waals surface area contributed by atoms with E-state index in [4.69, 9.17) is 23.2 Å². The minimum Gasteiger partial charge on any atom is -0.348 e. The Kier molecular flexibility index (Phi) is 5.43. The number of nitrogens with zero attached hydrogens (tertiary/aromatic N) is 1. The van der Waals surface area contributed by atoms with Crippen LogP contribution in [0.3, 0.4) is 0 Å². The molecule has 0 saturated carbocycles.